The van der Waals surface area contributed by atoms with Gasteiger partial charge in [0, 0.05) is 13.3 Å². The average molecular weight is 660 g/mol. The van der Waals surface area contributed by atoms with Gasteiger partial charge in [0.25, 0.3) is 0 Å². The Morgan fingerprint density at radius 3 is 1.82 bits per heavy atom. The van der Waals surface area contributed by atoms with Crippen LogP contribution in [-0.4, -0.2) is 187 Å². The lowest BCUT2D eigenvalue weighted by Gasteiger charge is -2.50. The van der Waals surface area contributed by atoms with Gasteiger partial charge >= 0.3 is 0 Å². The van der Waals surface area contributed by atoms with Gasteiger partial charge < -0.3 is 89.5 Å². The van der Waals surface area contributed by atoms with Crippen LogP contribution in [0.4, 0.5) is 0 Å². The van der Waals surface area contributed by atoms with Gasteiger partial charge in [-0.25, -0.2) is 0 Å². The van der Waals surface area contributed by atoms with E-state index in [1.807, 2.05) is 0 Å². The summed E-state index contributed by atoms with van der Waals surface area (Å²) in [5, 5.41) is 106. The molecule has 19 atom stereocenters. The van der Waals surface area contributed by atoms with Crippen molar-refractivity contribution in [2.45, 2.75) is 144 Å². The second-order valence-electron chi connectivity index (χ2n) is 11.7. The van der Waals surface area contributed by atoms with E-state index < -0.39 is 136 Å². The van der Waals surface area contributed by atoms with E-state index in [1.165, 1.54) is 6.92 Å². The largest absolute Gasteiger partial charge is 0.394 e. The SMILES string of the molecule is CC(=O)N[C@@H]1[C@@H](O[C@@H]2O[C@@H](C)[C@@H](O[C@@H]3O[C@H](C)[C@@H](O)C[C@H]3O)[C@@H](O[C@H]3O[C@H](CO)[C@@H](O)[C@H](O)[C@@H]3O)[C@@H]2O)[C@@H](O)[C@@H](CO)O[C@@H]1O. The Bertz CT molecular complexity index is 963. The number of hydrogen-bond donors (Lipinski definition) is 11. The average Bonchev–Trinajstić information content (AvgIpc) is 2.98. The summed E-state index contributed by atoms with van der Waals surface area (Å²) in [6, 6.07) is -1.40. The monoisotopic (exact) mass is 659 g/mol. The Morgan fingerprint density at radius 2 is 1.20 bits per heavy atom. The van der Waals surface area contributed by atoms with Crippen molar-refractivity contribution in [2.75, 3.05) is 13.2 Å². The molecule has 11 N–H and O–H groups in total. The van der Waals surface area contributed by atoms with Gasteiger partial charge in [-0.15, -0.1) is 0 Å². The normalized spacial score (nSPS) is 51.1. The fraction of sp³-hybridized carbons (Fsp3) is 0.962. The summed E-state index contributed by atoms with van der Waals surface area (Å²) in [5.74, 6) is -0.632. The van der Waals surface area contributed by atoms with E-state index in [9.17, 15) is 55.9 Å². The molecule has 0 aromatic carbocycles. The Labute approximate surface area is 257 Å². The molecule has 0 aromatic rings. The number of rotatable bonds is 9. The highest BCUT2D eigenvalue weighted by Crippen LogP contribution is 2.35. The minimum absolute atomic E-state index is 0.110. The van der Waals surface area contributed by atoms with Crippen molar-refractivity contribution in [3.05, 3.63) is 0 Å². The fourth-order valence-corrected chi connectivity index (χ4v) is 5.79. The predicted octanol–water partition coefficient (Wildman–Crippen LogP) is -6.52. The van der Waals surface area contributed by atoms with Crippen molar-refractivity contribution in [3.8, 4) is 0 Å². The third-order valence-corrected chi connectivity index (χ3v) is 8.40. The molecule has 1 amide bonds. The zero-order valence-corrected chi connectivity index (χ0v) is 24.8. The summed E-state index contributed by atoms with van der Waals surface area (Å²) >= 11 is 0. The molecule has 0 aliphatic carbocycles. The number of carbonyl (C=O) groups is 1. The van der Waals surface area contributed by atoms with E-state index in [0.717, 1.165) is 6.92 Å². The van der Waals surface area contributed by atoms with Crippen LogP contribution >= 0.6 is 0 Å². The minimum Gasteiger partial charge on any atom is -0.394 e. The lowest BCUT2D eigenvalue weighted by molar-refractivity contribution is -0.388. The zero-order valence-electron chi connectivity index (χ0n) is 24.8. The molecule has 0 bridgehead atoms. The van der Waals surface area contributed by atoms with E-state index >= 15 is 0 Å². The highest BCUT2D eigenvalue weighted by atomic mass is 16.8. The van der Waals surface area contributed by atoms with Crippen LogP contribution in [0.5, 0.6) is 0 Å². The predicted molar refractivity (Wildman–Crippen MR) is 141 cm³/mol. The van der Waals surface area contributed by atoms with Crippen molar-refractivity contribution in [3.63, 3.8) is 0 Å². The fourth-order valence-electron chi connectivity index (χ4n) is 5.79. The van der Waals surface area contributed by atoms with E-state index in [4.69, 9.17) is 33.2 Å². The summed E-state index contributed by atoms with van der Waals surface area (Å²) in [4.78, 5) is 11.9. The Morgan fingerprint density at radius 1 is 0.644 bits per heavy atom. The first kappa shape index (κ1) is 36.6. The van der Waals surface area contributed by atoms with E-state index in [0.29, 0.717) is 0 Å². The molecule has 19 nitrogen and oxygen atoms in total. The Balaban J connectivity index is 1.62. The summed E-state index contributed by atoms with van der Waals surface area (Å²) in [7, 11) is 0. The number of amides is 1. The summed E-state index contributed by atoms with van der Waals surface area (Å²) in [6.45, 7) is 2.63. The van der Waals surface area contributed by atoms with Crippen LogP contribution < -0.4 is 5.32 Å². The van der Waals surface area contributed by atoms with Gasteiger partial charge in [0.2, 0.25) is 5.91 Å². The maximum absolute atomic E-state index is 11.9. The van der Waals surface area contributed by atoms with Gasteiger partial charge in [0.15, 0.2) is 25.2 Å². The van der Waals surface area contributed by atoms with E-state index in [-0.39, 0.29) is 6.42 Å². The summed E-state index contributed by atoms with van der Waals surface area (Å²) in [5.41, 5.74) is 0. The molecule has 4 fully saturated rings. The highest BCUT2D eigenvalue weighted by Gasteiger charge is 2.55. The molecule has 0 aromatic heterocycles. The molecule has 4 heterocycles. The second kappa shape index (κ2) is 15.3. The second-order valence-corrected chi connectivity index (χ2v) is 11.7. The zero-order chi connectivity index (χ0) is 33.3. The number of hydrogen-bond acceptors (Lipinski definition) is 18. The number of aliphatic hydroxyl groups is 10. The maximum Gasteiger partial charge on any atom is 0.217 e. The molecule has 4 saturated heterocycles. The van der Waals surface area contributed by atoms with Gasteiger partial charge in [-0.05, 0) is 13.8 Å². The summed E-state index contributed by atoms with van der Waals surface area (Å²) in [6.07, 6.45) is -27.0. The molecule has 0 radical (unpaired) electrons. The van der Waals surface area contributed by atoms with Gasteiger partial charge in [-0.3, -0.25) is 4.79 Å². The molecule has 0 spiro atoms. The first-order valence-corrected chi connectivity index (χ1v) is 14.7. The molecule has 0 saturated carbocycles. The van der Waals surface area contributed by atoms with Crippen LogP contribution in [0, 0.1) is 0 Å². The molecule has 262 valence electrons. The molecule has 45 heavy (non-hydrogen) atoms. The molecule has 4 rings (SSSR count). The van der Waals surface area contributed by atoms with Crippen LogP contribution in [0.15, 0.2) is 0 Å². The molecular weight excluding hydrogens is 614 g/mol. The van der Waals surface area contributed by atoms with Gasteiger partial charge in [-0.2, -0.15) is 0 Å². The Kier molecular flexibility index (Phi) is 12.5. The van der Waals surface area contributed by atoms with Crippen molar-refractivity contribution in [2.24, 2.45) is 0 Å². The summed E-state index contributed by atoms with van der Waals surface area (Å²) < 4.78 is 39.9. The Hall–Kier alpha value is -1.21. The first-order chi connectivity index (χ1) is 21.2. The maximum atomic E-state index is 11.9. The molecule has 19 heteroatoms. The third kappa shape index (κ3) is 7.92. The van der Waals surface area contributed by atoms with Crippen LogP contribution in [0.1, 0.15) is 27.2 Å². The van der Waals surface area contributed by atoms with Gasteiger partial charge in [0.05, 0.1) is 31.5 Å². The molecule has 4 aliphatic rings. The first-order valence-electron chi connectivity index (χ1n) is 14.7. The quantitative estimate of drug-likeness (QED) is 0.110. The van der Waals surface area contributed by atoms with Crippen LogP contribution in [0.2, 0.25) is 0 Å². The van der Waals surface area contributed by atoms with Crippen LogP contribution in [0.25, 0.3) is 0 Å². The lowest BCUT2D eigenvalue weighted by atomic mass is 9.95. The van der Waals surface area contributed by atoms with Crippen molar-refractivity contribution in [1.29, 1.82) is 0 Å². The lowest BCUT2D eigenvalue weighted by Crippen LogP contribution is -2.68. The van der Waals surface area contributed by atoms with Crippen molar-refractivity contribution < 1.29 is 89.0 Å². The number of aliphatic hydroxyl groups excluding tert-OH is 10. The smallest absolute Gasteiger partial charge is 0.217 e. The van der Waals surface area contributed by atoms with E-state index in [1.54, 1.807) is 6.92 Å². The van der Waals surface area contributed by atoms with Crippen molar-refractivity contribution >= 4 is 5.91 Å². The van der Waals surface area contributed by atoms with Gasteiger partial charge in [0.1, 0.15) is 73.2 Å². The van der Waals surface area contributed by atoms with Gasteiger partial charge in [-0.1, -0.05) is 0 Å². The number of ether oxygens (including phenoxy) is 7. The number of nitrogens with one attached hydrogen (secondary N) is 1. The molecule has 4 aliphatic heterocycles. The topological polar surface area (TPSA) is 296 Å². The highest BCUT2D eigenvalue weighted by molar-refractivity contribution is 5.73. The third-order valence-electron chi connectivity index (χ3n) is 8.40. The molecular formula is C26H45NO18. The van der Waals surface area contributed by atoms with Crippen molar-refractivity contribution in [1.82, 2.24) is 5.32 Å². The minimum atomic E-state index is -1.89. The van der Waals surface area contributed by atoms with E-state index in [2.05, 4.69) is 5.32 Å². The van der Waals surface area contributed by atoms with Crippen LogP contribution in [0.3, 0.4) is 0 Å². The number of carbonyl (C=O) groups excluding carboxylic acids is 1. The van der Waals surface area contributed by atoms with Crippen LogP contribution in [-0.2, 0) is 38.0 Å². The standard InChI is InChI=1S/C26H45NO18/c1-7-10(31)4-11(32)24(39-7)43-20-8(2)40-26(44-21-14(27-9(3)30)23(38)41-13(6-29)16(21)34)19(37)22(20)45-25-18(36)17(35)15(33)12(5-28)42-25/h7-8,10-26,28-29,31-38H,4-6H2,1-3H3,(H,27,30)/t7-,8+,10+,11-,12-,13-,14-,15-,16+,17+,18+,19+,20-,21-,22+,23+,24+,25-,26+/m1/s1. The molecule has 0 unspecified atom stereocenters.